The first kappa shape index (κ1) is 9.64. The molecule has 0 bridgehead atoms. The second-order valence-electron chi connectivity index (χ2n) is 2.50. The second-order valence-corrected chi connectivity index (χ2v) is 3.79. The molecule has 3 nitrogen and oxygen atoms in total. The van der Waals surface area contributed by atoms with E-state index in [9.17, 15) is 0 Å². The fraction of sp³-hybridized carbons (Fsp3) is 0.625. The van der Waals surface area contributed by atoms with Crippen molar-refractivity contribution in [3.63, 3.8) is 0 Å². The normalized spacial score (nSPS) is 10.6. The summed E-state index contributed by atoms with van der Waals surface area (Å²) in [7, 11) is 0. The van der Waals surface area contributed by atoms with E-state index in [2.05, 4.69) is 17.4 Å². The number of rotatable bonds is 4. The highest BCUT2D eigenvalue weighted by atomic mass is 32.1. The highest BCUT2D eigenvalue weighted by Gasteiger charge is 2.01. The molecule has 0 unspecified atom stereocenters. The van der Waals surface area contributed by atoms with E-state index in [1.54, 1.807) is 11.3 Å². The number of nitrogens with one attached hydrogen (secondary N) is 1. The summed E-state index contributed by atoms with van der Waals surface area (Å²) < 4.78 is 0. The fourth-order valence-electron chi connectivity index (χ4n) is 0.830. The van der Waals surface area contributed by atoms with Crippen molar-refractivity contribution in [2.75, 3.05) is 6.61 Å². The minimum atomic E-state index is 0.684. The predicted molar refractivity (Wildman–Crippen MR) is 50.1 cm³/mol. The van der Waals surface area contributed by atoms with Crippen LogP contribution >= 0.6 is 11.3 Å². The molecule has 0 radical (unpaired) electrons. The zero-order chi connectivity index (χ0) is 8.97. The zero-order valence-corrected chi connectivity index (χ0v) is 8.49. The molecule has 0 aliphatic heterocycles. The van der Waals surface area contributed by atoms with E-state index in [1.165, 1.54) is 4.88 Å². The summed E-state index contributed by atoms with van der Waals surface area (Å²) in [5.41, 5.74) is 3.96. The summed E-state index contributed by atoms with van der Waals surface area (Å²) in [6.45, 7) is 7.44. The Bertz CT molecular complexity index is 228. The molecule has 0 aliphatic rings. The molecule has 1 heterocycles. The topological polar surface area (TPSA) is 34.1 Å². The molecule has 0 amide bonds. The Morgan fingerprint density at radius 3 is 2.75 bits per heavy atom. The van der Waals surface area contributed by atoms with Gasteiger partial charge in [-0.05, 0) is 20.8 Å². The Morgan fingerprint density at radius 1 is 1.50 bits per heavy atom. The highest BCUT2D eigenvalue weighted by molar-refractivity contribution is 7.11. The number of hydrogen-bond acceptors (Lipinski definition) is 4. The van der Waals surface area contributed by atoms with Crippen LogP contribution in [0.25, 0.3) is 0 Å². The molecule has 0 fully saturated rings. The van der Waals surface area contributed by atoms with Crippen molar-refractivity contribution in [1.82, 2.24) is 10.5 Å². The Hall–Kier alpha value is -0.450. The standard InChI is InChI=1S/C8H14N2OS/c1-4-11-9-5-8-10-6(2)7(3)12-8/h9H,4-5H2,1-3H3. The molecule has 0 spiro atoms. The molecular formula is C8H14N2OS. The van der Waals surface area contributed by atoms with Crippen molar-refractivity contribution < 1.29 is 4.84 Å². The van der Waals surface area contributed by atoms with Crippen LogP contribution in [0.5, 0.6) is 0 Å². The SMILES string of the molecule is CCONCc1nc(C)c(C)s1. The molecule has 1 aromatic heterocycles. The molecule has 68 valence electrons. The van der Waals surface area contributed by atoms with Gasteiger partial charge >= 0.3 is 0 Å². The Kier molecular flexibility index (Phi) is 3.65. The fourth-order valence-corrected chi connectivity index (χ4v) is 1.69. The first-order chi connectivity index (χ1) is 5.74. The van der Waals surface area contributed by atoms with Gasteiger partial charge in [0.25, 0.3) is 0 Å². The minimum Gasteiger partial charge on any atom is -0.302 e. The maximum atomic E-state index is 5.00. The molecule has 0 aliphatic carbocycles. The van der Waals surface area contributed by atoms with Crippen molar-refractivity contribution in [2.45, 2.75) is 27.3 Å². The molecule has 1 rings (SSSR count). The lowest BCUT2D eigenvalue weighted by Gasteiger charge is -1.98. The summed E-state index contributed by atoms with van der Waals surface area (Å²) in [4.78, 5) is 10.6. The van der Waals surface area contributed by atoms with Crippen molar-refractivity contribution in [1.29, 1.82) is 0 Å². The summed E-state index contributed by atoms with van der Waals surface area (Å²) in [6, 6.07) is 0. The van der Waals surface area contributed by atoms with E-state index in [0.717, 1.165) is 10.7 Å². The molecule has 0 saturated carbocycles. The third-order valence-electron chi connectivity index (χ3n) is 1.54. The van der Waals surface area contributed by atoms with Gasteiger partial charge in [0.15, 0.2) is 0 Å². The van der Waals surface area contributed by atoms with Gasteiger partial charge in [0.05, 0.1) is 18.8 Å². The average Bonchev–Trinajstić information content (AvgIpc) is 2.32. The third kappa shape index (κ3) is 2.55. The summed E-state index contributed by atoms with van der Waals surface area (Å²) in [5, 5.41) is 1.08. The molecule has 0 saturated heterocycles. The van der Waals surface area contributed by atoms with Gasteiger partial charge in [-0.3, -0.25) is 0 Å². The molecule has 0 atom stereocenters. The van der Waals surface area contributed by atoms with Gasteiger partial charge in [0.2, 0.25) is 0 Å². The van der Waals surface area contributed by atoms with Crippen LogP contribution in [0, 0.1) is 13.8 Å². The van der Waals surface area contributed by atoms with Crippen LogP contribution in [-0.2, 0) is 11.4 Å². The quantitative estimate of drug-likeness (QED) is 0.575. The van der Waals surface area contributed by atoms with Gasteiger partial charge < -0.3 is 4.84 Å². The number of hydrogen-bond donors (Lipinski definition) is 1. The van der Waals surface area contributed by atoms with Crippen molar-refractivity contribution in [3.05, 3.63) is 15.6 Å². The van der Waals surface area contributed by atoms with Gasteiger partial charge in [-0.15, -0.1) is 11.3 Å². The van der Waals surface area contributed by atoms with Crippen molar-refractivity contribution in [3.8, 4) is 0 Å². The van der Waals surface area contributed by atoms with E-state index < -0.39 is 0 Å². The molecule has 1 N–H and O–H groups in total. The number of aromatic nitrogens is 1. The van der Waals surface area contributed by atoms with Gasteiger partial charge in [0.1, 0.15) is 5.01 Å². The van der Waals surface area contributed by atoms with E-state index in [0.29, 0.717) is 13.2 Å². The summed E-state index contributed by atoms with van der Waals surface area (Å²) in [5.74, 6) is 0. The van der Waals surface area contributed by atoms with Gasteiger partial charge in [-0.1, -0.05) is 0 Å². The van der Waals surface area contributed by atoms with Crippen LogP contribution in [0.4, 0.5) is 0 Å². The molecule has 4 heteroatoms. The summed E-state index contributed by atoms with van der Waals surface area (Å²) >= 11 is 1.71. The molecule has 0 aromatic carbocycles. The second kappa shape index (κ2) is 4.54. The van der Waals surface area contributed by atoms with Gasteiger partial charge in [0, 0.05) is 4.88 Å². The van der Waals surface area contributed by atoms with Crippen molar-refractivity contribution in [2.24, 2.45) is 0 Å². The largest absolute Gasteiger partial charge is 0.302 e. The van der Waals surface area contributed by atoms with Crippen LogP contribution < -0.4 is 5.48 Å². The van der Waals surface area contributed by atoms with Crippen molar-refractivity contribution >= 4 is 11.3 Å². The van der Waals surface area contributed by atoms with Crippen LogP contribution in [-0.4, -0.2) is 11.6 Å². The lowest BCUT2D eigenvalue weighted by atomic mass is 10.4. The van der Waals surface area contributed by atoms with E-state index >= 15 is 0 Å². The average molecular weight is 186 g/mol. The Morgan fingerprint density at radius 2 is 2.25 bits per heavy atom. The first-order valence-electron chi connectivity index (χ1n) is 4.01. The Labute approximate surface area is 76.7 Å². The van der Waals surface area contributed by atoms with E-state index in [4.69, 9.17) is 4.84 Å². The lowest BCUT2D eigenvalue weighted by molar-refractivity contribution is 0.0463. The number of thiazole rings is 1. The minimum absolute atomic E-state index is 0.684. The first-order valence-corrected chi connectivity index (χ1v) is 4.83. The van der Waals surface area contributed by atoms with Gasteiger partial charge in [-0.2, -0.15) is 5.48 Å². The maximum absolute atomic E-state index is 5.00. The van der Waals surface area contributed by atoms with E-state index in [1.807, 2.05) is 13.8 Å². The maximum Gasteiger partial charge on any atom is 0.109 e. The van der Waals surface area contributed by atoms with E-state index in [-0.39, 0.29) is 0 Å². The smallest absolute Gasteiger partial charge is 0.109 e. The molecule has 1 aromatic rings. The van der Waals surface area contributed by atoms with Crippen LogP contribution in [0.1, 0.15) is 22.5 Å². The number of aryl methyl sites for hydroxylation is 2. The van der Waals surface area contributed by atoms with Crippen LogP contribution in [0.15, 0.2) is 0 Å². The lowest BCUT2D eigenvalue weighted by Crippen LogP contribution is -2.13. The van der Waals surface area contributed by atoms with Gasteiger partial charge in [-0.25, -0.2) is 4.98 Å². The van der Waals surface area contributed by atoms with Crippen LogP contribution in [0.3, 0.4) is 0 Å². The monoisotopic (exact) mass is 186 g/mol. The molecular weight excluding hydrogens is 172 g/mol. The summed E-state index contributed by atoms with van der Waals surface area (Å²) in [6.07, 6.45) is 0. The third-order valence-corrected chi connectivity index (χ3v) is 2.62. The molecule has 12 heavy (non-hydrogen) atoms. The predicted octanol–water partition coefficient (Wildman–Crippen LogP) is 1.80. The number of nitrogens with zero attached hydrogens (tertiary/aromatic N) is 1. The zero-order valence-electron chi connectivity index (χ0n) is 7.68. The Balaban J connectivity index is 2.42. The number of hydroxylamine groups is 1. The highest BCUT2D eigenvalue weighted by Crippen LogP contribution is 2.15. The van der Waals surface area contributed by atoms with Crippen LogP contribution in [0.2, 0.25) is 0 Å².